The lowest BCUT2D eigenvalue weighted by molar-refractivity contribution is 0.304. The highest BCUT2D eigenvalue weighted by atomic mass is 16.5. The lowest BCUT2D eigenvalue weighted by atomic mass is 10.1. The number of ether oxygens (including phenoxy) is 1. The van der Waals surface area contributed by atoms with Gasteiger partial charge in [-0.05, 0) is 25.5 Å². The van der Waals surface area contributed by atoms with Crippen molar-refractivity contribution in [3.05, 3.63) is 58.9 Å². The second-order valence-corrected chi connectivity index (χ2v) is 4.70. The molecule has 1 aromatic heterocycles. The first-order chi connectivity index (χ1) is 9.67. The van der Waals surface area contributed by atoms with E-state index in [1.807, 2.05) is 6.07 Å². The molecule has 1 aromatic carbocycles. The van der Waals surface area contributed by atoms with Gasteiger partial charge in [0.05, 0.1) is 12.7 Å². The van der Waals surface area contributed by atoms with Crippen LogP contribution >= 0.6 is 0 Å². The van der Waals surface area contributed by atoms with Gasteiger partial charge in [0.25, 0.3) is 0 Å². The summed E-state index contributed by atoms with van der Waals surface area (Å²) in [6, 6.07) is 8.27. The molecular weight excluding hydrogens is 248 g/mol. The van der Waals surface area contributed by atoms with Gasteiger partial charge in [0.1, 0.15) is 12.4 Å². The van der Waals surface area contributed by atoms with Crippen molar-refractivity contribution in [1.82, 2.24) is 4.98 Å². The summed E-state index contributed by atoms with van der Waals surface area (Å²) in [5.74, 6) is 6.46. The van der Waals surface area contributed by atoms with Crippen molar-refractivity contribution in [2.24, 2.45) is 5.73 Å². The number of hydrogen-bond acceptors (Lipinski definition) is 3. The molecular formula is C17H18N2O. The third-order valence-electron chi connectivity index (χ3n) is 2.73. The number of aryl methyl sites for hydroxylation is 2. The van der Waals surface area contributed by atoms with Gasteiger partial charge in [-0.1, -0.05) is 41.2 Å². The zero-order valence-electron chi connectivity index (χ0n) is 11.8. The van der Waals surface area contributed by atoms with Crippen molar-refractivity contribution < 1.29 is 4.74 Å². The van der Waals surface area contributed by atoms with Crippen LogP contribution in [0.1, 0.15) is 22.3 Å². The Morgan fingerprint density at radius 2 is 1.85 bits per heavy atom. The molecule has 0 saturated heterocycles. The summed E-state index contributed by atoms with van der Waals surface area (Å²) in [4.78, 5) is 4.12. The van der Waals surface area contributed by atoms with Gasteiger partial charge < -0.3 is 10.5 Å². The van der Waals surface area contributed by atoms with Gasteiger partial charge in [0, 0.05) is 11.8 Å². The van der Waals surface area contributed by atoms with Gasteiger partial charge in [-0.2, -0.15) is 0 Å². The molecule has 2 N–H and O–H groups in total. The van der Waals surface area contributed by atoms with Crippen LogP contribution in [0.3, 0.4) is 0 Å². The van der Waals surface area contributed by atoms with Gasteiger partial charge in [-0.15, -0.1) is 0 Å². The fraction of sp³-hybridized carbons (Fsp3) is 0.235. The first-order valence-corrected chi connectivity index (χ1v) is 6.51. The topological polar surface area (TPSA) is 48.1 Å². The summed E-state index contributed by atoms with van der Waals surface area (Å²) in [6.07, 6.45) is 3.39. The summed E-state index contributed by atoms with van der Waals surface area (Å²) < 4.78 is 5.76. The highest BCUT2D eigenvalue weighted by molar-refractivity contribution is 5.37. The van der Waals surface area contributed by atoms with Gasteiger partial charge in [0.15, 0.2) is 0 Å². The van der Waals surface area contributed by atoms with E-state index in [2.05, 4.69) is 48.9 Å². The number of nitrogens with zero attached hydrogens (tertiary/aromatic N) is 1. The molecule has 0 amide bonds. The first-order valence-electron chi connectivity index (χ1n) is 6.51. The van der Waals surface area contributed by atoms with Crippen LogP contribution in [0.5, 0.6) is 5.75 Å². The van der Waals surface area contributed by atoms with E-state index in [9.17, 15) is 0 Å². The maximum atomic E-state index is 5.76. The standard InChI is InChI=1S/C17H18N2O/c1-13-6-14(2)8-16(7-13)12-20-17-9-15(4-3-5-18)10-19-11-17/h6-11H,5,12,18H2,1-2H3. The van der Waals surface area contributed by atoms with Crippen molar-refractivity contribution >= 4 is 0 Å². The van der Waals surface area contributed by atoms with E-state index in [1.165, 1.54) is 11.1 Å². The molecule has 20 heavy (non-hydrogen) atoms. The van der Waals surface area contributed by atoms with Gasteiger partial charge >= 0.3 is 0 Å². The second kappa shape index (κ2) is 6.74. The lowest BCUT2D eigenvalue weighted by Gasteiger charge is -2.08. The summed E-state index contributed by atoms with van der Waals surface area (Å²) in [7, 11) is 0. The van der Waals surface area contributed by atoms with E-state index in [0.29, 0.717) is 18.9 Å². The minimum absolute atomic E-state index is 0.341. The molecule has 1 heterocycles. The molecule has 0 saturated carbocycles. The van der Waals surface area contributed by atoms with Crippen LogP contribution in [-0.4, -0.2) is 11.5 Å². The maximum absolute atomic E-state index is 5.76. The molecule has 0 aliphatic rings. The monoisotopic (exact) mass is 266 g/mol. The Hall–Kier alpha value is -2.31. The minimum atomic E-state index is 0.341. The third kappa shape index (κ3) is 4.11. The summed E-state index contributed by atoms with van der Waals surface area (Å²) in [5, 5.41) is 0. The van der Waals surface area contributed by atoms with Crippen molar-refractivity contribution in [3.63, 3.8) is 0 Å². The Labute approximate surface area is 119 Å². The van der Waals surface area contributed by atoms with Crippen molar-refractivity contribution in [2.45, 2.75) is 20.5 Å². The molecule has 0 atom stereocenters. The number of rotatable bonds is 3. The SMILES string of the molecule is Cc1cc(C)cc(COc2cncc(C#CCN)c2)c1. The normalized spacial score (nSPS) is 9.75. The van der Waals surface area contributed by atoms with E-state index in [-0.39, 0.29) is 0 Å². The van der Waals surface area contributed by atoms with Crippen LogP contribution in [-0.2, 0) is 6.61 Å². The van der Waals surface area contributed by atoms with Gasteiger partial charge in [-0.25, -0.2) is 0 Å². The van der Waals surface area contributed by atoms with E-state index in [1.54, 1.807) is 12.4 Å². The average molecular weight is 266 g/mol. The fourth-order valence-corrected chi connectivity index (χ4v) is 2.04. The summed E-state index contributed by atoms with van der Waals surface area (Å²) >= 11 is 0. The zero-order chi connectivity index (χ0) is 14.4. The molecule has 2 rings (SSSR count). The molecule has 0 aliphatic heterocycles. The van der Waals surface area contributed by atoms with Crippen LogP contribution < -0.4 is 10.5 Å². The molecule has 0 bridgehead atoms. The van der Waals surface area contributed by atoms with Crippen molar-refractivity contribution in [1.29, 1.82) is 0 Å². The molecule has 0 radical (unpaired) electrons. The minimum Gasteiger partial charge on any atom is -0.487 e. The van der Waals surface area contributed by atoms with Crippen LogP contribution in [0.25, 0.3) is 0 Å². The molecule has 102 valence electrons. The molecule has 3 nitrogen and oxygen atoms in total. The number of hydrogen-bond donors (Lipinski definition) is 1. The van der Waals surface area contributed by atoms with Crippen molar-refractivity contribution in [2.75, 3.05) is 6.54 Å². The van der Waals surface area contributed by atoms with Gasteiger partial charge in [-0.3, -0.25) is 4.98 Å². The highest BCUT2D eigenvalue weighted by Crippen LogP contribution is 2.15. The number of pyridine rings is 1. The Morgan fingerprint density at radius 3 is 2.55 bits per heavy atom. The highest BCUT2D eigenvalue weighted by Gasteiger charge is 1.99. The summed E-state index contributed by atoms with van der Waals surface area (Å²) in [6.45, 7) is 5.04. The van der Waals surface area contributed by atoms with E-state index in [4.69, 9.17) is 10.5 Å². The maximum Gasteiger partial charge on any atom is 0.139 e. The van der Waals surface area contributed by atoms with Crippen molar-refractivity contribution in [3.8, 4) is 17.6 Å². The molecule has 0 spiro atoms. The van der Waals surface area contributed by atoms with E-state index in [0.717, 1.165) is 11.1 Å². The Kier molecular flexibility index (Phi) is 4.75. The molecule has 0 unspecified atom stereocenters. The van der Waals surface area contributed by atoms with E-state index < -0.39 is 0 Å². The van der Waals surface area contributed by atoms with Gasteiger partial charge in [0.2, 0.25) is 0 Å². The molecule has 0 aliphatic carbocycles. The second-order valence-electron chi connectivity index (χ2n) is 4.70. The van der Waals surface area contributed by atoms with Crippen LogP contribution in [0.15, 0.2) is 36.7 Å². The summed E-state index contributed by atoms with van der Waals surface area (Å²) in [5.41, 5.74) is 9.80. The van der Waals surface area contributed by atoms with Crippen LogP contribution in [0.2, 0.25) is 0 Å². The average Bonchev–Trinajstić information content (AvgIpc) is 2.42. The lowest BCUT2D eigenvalue weighted by Crippen LogP contribution is -1.97. The first kappa shape index (κ1) is 14.1. The van der Waals surface area contributed by atoms with Crippen LogP contribution in [0.4, 0.5) is 0 Å². The Bertz CT molecular complexity index is 633. The predicted molar refractivity (Wildman–Crippen MR) is 80.4 cm³/mol. The van der Waals surface area contributed by atoms with Crippen LogP contribution in [0, 0.1) is 25.7 Å². The number of benzene rings is 1. The molecule has 0 fully saturated rings. The Morgan fingerprint density at radius 1 is 1.10 bits per heavy atom. The molecule has 2 aromatic rings. The molecule has 3 heteroatoms. The quantitative estimate of drug-likeness (QED) is 0.869. The smallest absolute Gasteiger partial charge is 0.139 e. The number of nitrogens with two attached hydrogens (primary N) is 1. The number of aromatic nitrogens is 1. The zero-order valence-corrected chi connectivity index (χ0v) is 11.8. The van der Waals surface area contributed by atoms with E-state index >= 15 is 0 Å². The third-order valence-corrected chi connectivity index (χ3v) is 2.73. The largest absolute Gasteiger partial charge is 0.487 e. The Balaban J connectivity index is 2.07. The predicted octanol–water partition coefficient (Wildman–Crippen LogP) is 2.59. The fourth-order valence-electron chi connectivity index (χ4n) is 2.04.